The third-order valence-corrected chi connectivity index (χ3v) is 2.79. The van der Waals surface area contributed by atoms with Crippen LogP contribution in [-0.2, 0) is 6.42 Å². The maximum atomic E-state index is 12.0. The number of rotatable bonds is 3. The number of anilines is 2. The van der Waals surface area contributed by atoms with Crippen LogP contribution in [0.25, 0.3) is 0 Å². The van der Waals surface area contributed by atoms with E-state index >= 15 is 0 Å². The molecule has 4 N–H and O–H groups in total. The Balaban J connectivity index is 2.14. The van der Waals surface area contributed by atoms with Crippen molar-refractivity contribution >= 4 is 17.4 Å². The highest BCUT2D eigenvalue weighted by molar-refractivity contribution is 6.04. The number of benzene rings is 1. The number of amides is 1. The molecule has 0 aliphatic heterocycles. The molecule has 0 fully saturated rings. The van der Waals surface area contributed by atoms with Crippen LogP contribution in [0.15, 0.2) is 24.3 Å². The van der Waals surface area contributed by atoms with E-state index in [1.807, 2.05) is 19.9 Å². The van der Waals surface area contributed by atoms with Crippen LogP contribution in [0.2, 0.25) is 0 Å². The van der Waals surface area contributed by atoms with E-state index in [1.54, 1.807) is 18.2 Å². The van der Waals surface area contributed by atoms with Crippen molar-refractivity contribution in [3.8, 4) is 0 Å². The number of aromatic nitrogens is 2. The lowest BCUT2D eigenvalue weighted by Gasteiger charge is -2.04. The summed E-state index contributed by atoms with van der Waals surface area (Å²) in [7, 11) is 0. The summed E-state index contributed by atoms with van der Waals surface area (Å²) in [4.78, 5) is 12.0. The van der Waals surface area contributed by atoms with Gasteiger partial charge in [0.1, 0.15) is 0 Å². The molecule has 0 atom stereocenters. The van der Waals surface area contributed by atoms with Crippen LogP contribution in [0.3, 0.4) is 0 Å². The van der Waals surface area contributed by atoms with Crippen LogP contribution >= 0.6 is 0 Å². The lowest BCUT2D eigenvalue weighted by atomic mass is 10.1. The highest BCUT2D eigenvalue weighted by Gasteiger charge is 2.09. The fourth-order valence-corrected chi connectivity index (χ4v) is 1.61. The minimum Gasteiger partial charge on any atom is -0.399 e. The lowest BCUT2D eigenvalue weighted by Crippen LogP contribution is -2.12. The van der Waals surface area contributed by atoms with Gasteiger partial charge in [-0.2, -0.15) is 5.10 Å². The third-order valence-electron chi connectivity index (χ3n) is 2.79. The molecule has 0 saturated heterocycles. The number of nitrogens with zero attached hydrogens (tertiary/aromatic N) is 1. The molecule has 2 aromatic rings. The number of H-pyrrole nitrogens is 1. The standard InChI is InChI=1S/C13H16N4O/c1-3-10-7-12(17-16-10)15-13(18)9-4-5-11(14)8(2)6-9/h4-7H,3,14H2,1-2H3,(H2,15,16,17,18). The average Bonchev–Trinajstić information content (AvgIpc) is 2.80. The second kappa shape index (κ2) is 4.91. The topological polar surface area (TPSA) is 83.8 Å². The molecule has 0 spiro atoms. The quantitative estimate of drug-likeness (QED) is 0.723. The third kappa shape index (κ3) is 2.51. The molecule has 5 heteroatoms. The maximum Gasteiger partial charge on any atom is 0.256 e. The molecule has 5 nitrogen and oxygen atoms in total. The van der Waals surface area contributed by atoms with E-state index in [1.165, 1.54) is 0 Å². The number of aromatic amines is 1. The predicted molar refractivity (Wildman–Crippen MR) is 71.5 cm³/mol. The maximum absolute atomic E-state index is 12.0. The molecule has 1 aromatic carbocycles. The van der Waals surface area contributed by atoms with Crippen molar-refractivity contribution < 1.29 is 4.79 Å². The van der Waals surface area contributed by atoms with Crippen LogP contribution in [0.1, 0.15) is 28.5 Å². The number of nitrogens with one attached hydrogen (secondary N) is 2. The highest BCUT2D eigenvalue weighted by atomic mass is 16.1. The van der Waals surface area contributed by atoms with E-state index in [9.17, 15) is 4.79 Å². The van der Waals surface area contributed by atoms with E-state index in [-0.39, 0.29) is 5.91 Å². The first-order valence-electron chi connectivity index (χ1n) is 5.82. The molecule has 0 radical (unpaired) electrons. The first-order valence-corrected chi connectivity index (χ1v) is 5.82. The fraction of sp³-hybridized carbons (Fsp3) is 0.231. The molecule has 94 valence electrons. The predicted octanol–water partition coefficient (Wildman–Crippen LogP) is 2.12. The lowest BCUT2D eigenvalue weighted by molar-refractivity contribution is 0.102. The van der Waals surface area contributed by atoms with Crippen molar-refractivity contribution in [1.82, 2.24) is 10.2 Å². The molecular weight excluding hydrogens is 228 g/mol. The number of aryl methyl sites for hydroxylation is 2. The van der Waals surface area contributed by atoms with Crippen LogP contribution < -0.4 is 11.1 Å². The fourth-order valence-electron chi connectivity index (χ4n) is 1.61. The first kappa shape index (κ1) is 12.2. The minimum atomic E-state index is -0.188. The Bertz CT molecular complexity index is 574. The number of nitrogens with two attached hydrogens (primary N) is 1. The zero-order chi connectivity index (χ0) is 13.1. The zero-order valence-corrected chi connectivity index (χ0v) is 10.4. The van der Waals surface area contributed by atoms with E-state index in [0.29, 0.717) is 17.1 Å². The van der Waals surface area contributed by atoms with Gasteiger partial charge in [-0.05, 0) is 37.1 Å². The van der Waals surface area contributed by atoms with Crippen molar-refractivity contribution in [3.05, 3.63) is 41.1 Å². The smallest absolute Gasteiger partial charge is 0.256 e. The van der Waals surface area contributed by atoms with Gasteiger partial charge < -0.3 is 11.1 Å². The molecule has 1 heterocycles. The molecule has 0 aliphatic rings. The Morgan fingerprint density at radius 3 is 2.83 bits per heavy atom. The van der Waals surface area contributed by atoms with Crippen LogP contribution in [0.4, 0.5) is 11.5 Å². The summed E-state index contributed by atoms with van der Waals surface area (Å²) < 4.78 is 0. The second-order valence-corrected chi connectivity index (χ2v) is 4.16. The summed E-state index contributed by atoms with van der Waals surface area (Å²) in [6.07, 6.45) is 0.851. The highest BCUT2D eigenvalue weighted by Crippen LogP contribution is 2.14. The molecule has 0 bridgehead atoms. The average molecular weight is 244 g/mol. The van der Waals surface area contributed by atoms with E-state index < -0.39 is 0 Å². The molecule has 2 rings (SSSR count). The van der Waals surface area contributed by atoms with E-state index in [2.05, 4.69) is 15.5 Å². The van der Waals surface area contributed by atoms with Gasteiger partial charge in [-0.15, -0.1) is 0 Å². The largest absolute Gasteiger partial charge is 0.399 e. The van der Waals surface area contributed by atoms with Crippen molar-refractivity contribution in [3.63, 3.8) is 0 Å². The number of carbonyl (C=O) groups is 1. The first-order chi connectivity index (χ1) is 8.60. The van der Waals surface area contributed by atoms with Crippen molar-refractivity contribution in [2.24, 2.45) is 0 Å². The second-order valence-electron chi connectivity index (χ2n) is 4.16. The molecule has 0 unspecified atom stereocenters. The summed E-state index contributed by atoms with van der Waals surface area (Å²) in [6.45, 7) is 3.89. The Morgan fingerprint density at radius 2 is 2.22 bits per heavy atom. The van der Waals surface area contributed by atoms with Crippen molar-refractivity contribution in [2.45, 2.75) is 20.3 Å². The van der Waals surface area contributed by atoms with Gasteiger partial charge >= 0.3 is 0 Å². The minimum absolute atomic E-state index is 0.188. The van der Waals surface area contributed by atoms with Crippen molar-refractivity contribution in [1.29, 1.82) is 0 Å². The van der Waals surface area contributed by atoms with Gasteiger partial charge in [-0.1, -0.05) is 6.92 Å². The molecule has 0 aliphatic carbocycles. The Kier molecular flexibility index (Phi) is 3.32. The van der Waals surface area contributed by atoms with E-state index in [4.69, 9.17) is 5.73 Å². The van der Waals surface area contributed by atoms with Gasteiger partial charge in [-0.25, -0.2) is 0 Å². The van der Waals surface area contributed by atoms with Crippen LogP contribution in [0.5, 0.6) is 0 Å². The van der Waals surface area contributed by atoms with Gasteiger partial charge in [0.05, 0.1) is 0 Å². The Labute approximate surface area is 105 Å². The molecule has 1 amide bonds. The molecular formula is C13H16N4O. The van der Waals surface area contributed by atoms with Gasteiger partial charge in [0, 0.05) is 23.0 Å². The van der Waals surface area contributed by atoms with Crippen LogP contribution in [0, 0.1) is 6.92 Å². The molecule has 0 saturated carbocycles. The van der Waals surface area contributed by atoms with Gasteiger partial charge in [0.25, 0.3) is 5.91 Å². The zero-order valence-electron chi connectivity index (χ0n) is 10.4. The summed E-state index contributed by atoms with van der Waals surface area (Å²) in [5.74, 6) is 0.346. The van der Waals surface area contributed by atoms with E-state index in [0.717, 1.165) is 17.7 Å². The summed E-state index contributed by atoms with van der Waals surface area (Å²) in [5.41, 5.74) is 8.84. The normalized spacial score (nSPS) is 10.3. The van der Waals surface area contributed by atoms with Gasteiger partial charge in [0.2, 0.25) is 0 Å². The van der Waals surface area contributed by atoms with Crippen LogP contribution in [-0.4, -0.2) is 16.1 Å². The SMILES string of the molecule is CCc1cc(NC(=O)c2ccc(N)c(C)c2)n[nH]1. The summed E-state index contributed by atoms with van der Waals surface area (Å²) >= 11 is 0. The number of nitrogen functional groups attached to an aromatic ring is 1. The monoisotopic (exact) mass is 244 g/mol. The summed E-state index contributed by atoms with van der Waals surface area (Å²) in [6, 6.07) is 7.01. The molecule has 18 heavy (non-hydrogen) atoms. The van der Waals surface area contributed by atoms with Gasteiger partial charge in [0.15, 0.2) is 5.82 Å². The van der Waals surface area contributed by atoms with Crippen molar-refractivity contribution in [2.75, 3.05) is 11.1 Å². The summed E-state index contributed by atoms with van der Waals surface area (Å²) in [5, 5.41) is 9.60. The van der Waals surface area contributed by atoms with Gasteiger partial charge in [-0.3, -0.25) is 9.89 Å². The Morgan fingerprint density at radius 1 is 1.44 bits per heavy atom. The number of hydrogen-bond donors (Lipinski definition) is 3. The Hall–Kier alpha value is -2.30. The number of carbonyl (C=O) groups excluding carboxylic acids is 1. The molecule has 1 aromatic heterocycles. The number of hydrogen-bond acceptors (Lipinski definition) is 3.